The summed E-state index contributed by atoms with van der Waals surface area (Å²) in [4.78, 5) is 21.5. The van der Waals surface area contributed by atoms with Crippen LogP contribution in [-0.2, 0) is 4.79 Å². The minimum Gasteiger partial charge on any atom is -0.507 e. The second-order valence-corrected chi connectivity index (χ2v) is 4.86. The Kier molecular flexibility index (Phi) is 5.27. The molecule has 0 aromatic heterocycles. The van der Waals surface area contributed by atoms with Crippen molar-refractivity contribution in [2.24, 2.45) is 0 Å². The smallest absolute Gasteiger partial charge is 0.339 e. The lowest BCUT2D eigenvalue weighted by Gasteiger charge is -2.02. The molecule has 6 heteroatoms. The van der Waals surface area contributed by atoms with Gasteiger partial charge >= 0.3 is 5.97 Å². The summed E-state index contributed by atoms with van der Waals surface area (Å²) in [6, 6.07) is 2.05. The van der Waals surface area contributed by atoms with E-state index >= 15 is 0 Å². The predicted molar refractivity (Wildman–Crippen MR) is 71.4 cm³/mol. The molecule has 0 aliphatic heterocycles. The van der Waals surface area contributed by atoms with Crippen molar-refractivity contribution in [3.63, 3.8) is 0 Å². The van der Waals surface area contributed by atoms with Gasteiger partial charge in [0.1, 0.15) is 17.1 Å². The summed E-state index contributed by atoms with van der Waals surface area (Å²) >= 11 is 1.14. The van der Waals surface area contributed by atoms with E-state index in [0.717, 1.165) is 23.9 Å². The van der Waals surface area contributed by atoms with E-state index in [2.05, 4.69) is 11.8 Å². The van der Waals surface area contributed by atoms with Crippen LogP contribution in [0.25, 0.3) is 0 Å². The van der Waals surface area contributed by atoms with Crippen molar-refractivity contribution >= 4 is 22.8 Å². The van der Waals surface area contributed by atoms with Gasteiger partial charge in [-0.25, -0.2) is 4.79 Å². The molecule has 19 heavy (non-hydrogen) atoms. The number of carboxylic acids is 1. The van der Waals surface area contributed by atoms with E-state index in [9.17, 15) is 19.8 Å². The highest BCUT2D eigenvalue weighted by Crippen LogP contribution is 2.26. The van der Waals surface area contributed by atoms with Crippen LogP contribution in [0.4, 0.5) is 0 Å². The molecule has 0 amide bonds. The summed E-state index contributed by atoms with van der Waals surface area (Å²) in [5, 5.41) is 27.7. The number of rotatable bonds is 3. The maximum absolute atomic E-state index is 10.8. The SMILES string of the molecule is CC(=O)SCCC#Cc1cc(C(=O)O)c(O)cc1O. The van der Waals surface area contributed by atoms with Gasteiger partial charge in [-0.2, -0.15) is 0 Å². The van der Waals surface area contributed by atoms with Crippen LogP contribution in [0.5, 0.6) is 11.5 Å². The number of carboxylic acid groups (broad SMARTS) is 1. The van der Waals surface area contributed by atoms with Crippen molar-refractivity contribution < 1.29 is 24.9 Å². The standard InChI is InChI=1S/C13H12O5S/c1-8(14)19-5-3-2-4-9-6-10(13(17)18)12(16)7-11(9)15/h6-7,15-16H,3,5H2,1H3,(H,17,18). The van der Waals surface area contributed by atoms with Crippen LogP contribution >= 0.6 is 11.8 Å². The number of phenolic OH excluding ortho intramolecular Hbond substituents is 1. The number of carbonyl (C=O) groups is 2. The number of carbonyl (C=O) groups excluding carboxylic acids is 1. The average molecular weight is 280 g/mol. The van der Waals surface area contributed by atoms with Crippen LogP contribution in [-0.4, -0.2) is 32.2 Å². The van der Waals surface area contributed by atoms with Gasteiger partial charge < -0.3 is 15.3 Å². The number of phenols is 2. The number of hydrogen-bond donors (Lipinski definition) is 3. The first-order chi connectivity index (χ1) is 8.91. The zero-order valence-electron chi connectivity index (χ0n) is 10.1. The van der Waals surface area contributed by atoms with Crippen molar-refractivity contribution in [1.29, 1.82) is 0 Å². The molecular weight excluding hydrogens is 268 g/mol. The zero-order valence-corrected chi connectivity index (χ0v) is 11.0. The van der Waals surface area contributed by atoms with E-state index in [4.69, 9.17) is 5.11 Å². The topological polar surface area (TPSA) is 94.8 Å². The molecule has 0 heterocycles. The minimum absolute atomic E-state index is 0.00226. The van der Waals surface area contributed by atoms with Gasteiger partial charge in [0, 0.05) is 25.2 Å². The second kappa shape index (κ2) is 6.71. The third-order valence-electron chi connectivity index (χ3n) is 2.10. The van der Waals surface area contributed by atoms with E-state index in [1.807, 2.05) is 0 Å². The Balaban J connectivity index is 2.84. The van der Waals surface area contributed by atoms with Crippen molar-refractivity contribution in [2.75, 3.05) is 5.75 Å². The molecular formula is C13H12O5S. The Bertz CT molecular complexity index is 568. The molecule has 1 rings (SSSR count). The lowest BCUT2D eigenvalue weighted by Crippen LogP contribution is -1.97. The Labute approximate surface area is 114 Å². The molecule has 100 valence electrons. The van der Waals surface area contributed by atoms with Crippen LogP contribution in [0.2, 0.25) is 0 Å². The molecule has 1 aromatic carbocycles. The Morgan fingerprint density at radius 2 is 1.95 bits per heavy atom. The molecule has 0 fully saturated rings. The molecule has 0 unspecified atom stereocenters. The summed E-state index contributed by atoms with van der Waals surface area (Å²) in [7, 11) is 0. The zero-order chi connectivity index (χ0) is 14.4. The molecule has 0 aliphatic rings. The molecule has 0 spiro atoms. The number of aromatic carboxylic acids is 1. The molecule has 3 N–H and O–H groups in total. The molecule has 0 bridgehead atoms. The highest BCUT2D eigenvalue weighted by Gasteiger charge is 2.12. The van der Waals surface area contributed by atoms with Crippen molar-refractivity contribution in [3.8, 4) is 23.3 Å². The summed E-state index contributed by atoms with van der Waals surface area (Å²) in [5.74, 6) is 3.78. The summed E-state index contributed by atoms with van der Waals surface area (Å²) in [5.41, 5.74) is -0.191. The Morgan fingerprint density at radius 3 is 2.53 bits per heavy atom. The fourth-order valence-electron chi connectivity index (χ4n) is 1.25. The van der Waals surface area contributed by atoms with Gasteiger partial charge in [-0.05, 0) is 6.07 Å². The quantitative estimate of drug-likeness (QED) is 0.577. The Hall–Kier alpha value is -2.13. The molecule has 1 aromatic rings. The predicted octanol–water partition coefficient (Wildman–Crippen LogP) is 1.82. The molecule has 0 aliphatic carbocycles. The van der Waals surface area contributed by atoms with Gasteiger partial charge in [0.25, 0.3) is 0 Å². The van der Waals surface area contributed by atoms with Gasteiger partial charge in [-0.1, -0.05) is 23.6 Å². The maximum atomic E-state index is 10.8. The van der Waals surface area contributed by atoms with Gasteiger partial charge in [0.2, 0.25) is 0 Å². The number of aromatic hydroxyl groups is 2. The van der Waals surface area contributed by atoms with E-state index in [1.54, 1.807) is 0 Å². The van der Waals surface area contributed by atoms with Crippen LogP contribution in [0.15, 0.2) is 12.1 Å². The number of thioether (sulfide) groups is 1. The van der Waals surface area contributed by atoms with Crippen LogP contribution in [0.3, 0.4) is 0 Å². The summed E-state index contributed by atoms with van der Waals surface area (Å²) in [6.07, 6.45) is 0.437. The van der Waals surface area contributed by atoms with Crippen LogP contribution in [0, 0.1) is 11.8 Å². The van der Waals surface area contributed by atoms with Gasteiger partial charge in [0.05, 0.1) is 5.56 Å². The monoisotopic (exact) mass is 280 g/mol. The molecule has 0 atom stereocenters. The minimum atomic E-state index is -1.30. The van der Waals surface area contributed by atoms with Crippen molar-refractivity contribution in [1.82, 2.24) is 0 Å². The normalized spacial score (nSPS) is 9.53. The summed E-state index contributed by atoms with van der Waals surface area (Å²) in [6.45, 7) is 1.46. The van der Waals surface area contributed by atoms with E-state index in [-0.39, 0.29) is 22.0 Å². The second-order valence-electron chi connectivity index (χ2n) is 3.58. The molecule has 0 saturated carbocycles. The van der Waals surface area contributed by atoms with Gasteiger partial charge in [-0.15, -0.1) is 0 Å². The fourth-order valence-corrected chi connectivity index (χ4v) is 1.74. The van der Waals surface area contributed by atoms with E-state index in [1.165, 1.54) is 6.92 Å². The lowest BCUT2D eigenvalue weighted by atomic mass is 10.1. The number of benzene rings is 1. The maximum Gasteiger partial charge on any atom is 0.339 e. The third-order valence-corrected chi connectivity index (χ3v) is 2.91. The Morgan fingerprint density at radius 1 is 1.26 bits per heavy atom. The third kappa shape index (κ3) is 4.56. The molecule has 0 radical (unpaired) electrons. The largest absolute Gasteiger partial charge is 0.507 e. The first-order valence-corrected chi connectivity index (χ1v) is 6.32. The molecule has 0 saturated heterocycles. The van der Waals surface area contributed by atoms with E-state index < -0.39 is 11.7 Å². The lowest BCUT2D eigenvalue weighted by molar-refractivity contribution is -0.109. The van der Waals surface area contributed by atoms with Crippen LogP contribution < -0.4 is 0 Å². The fraction of sp³-hybridized carbons (Fsp3) is 0.231. The van der Waals surface area contributed by atoms with Crippen LogP contribution in [0.1, 0.15) is 29.3 Å². The van der Waals surface area contributed by atoms with Gasteiger partial charge in [0.15, 0.2) is 5.12 Å². The first kappa shape index (κ1) is 14.9. The number of hydrogen-bond acceptors (Lipinski definition) is 5. The molecule has 5 nitrogen and oxygen atoms in total. The first-order valence-electron chi connectivity index (χ1n) is 5.33. The van der Waals surface area contributed by atoms with E-state index in [0.29, 0.717) is 12.2 Å². The van der Waals surface area contributed by atoms with Crippen molar-refractivity contribution in [2.45, 2.75) is 13.3 Å². The highest BCUT2D eigenvalue weighted by atomic mass is 32.2. The van der Waals surface area contributed by atoms with Crippen molar-refractivity contribution in [3.05, 3.63) is 23.3 Å². The summed E-state index contributed by atoms with van der Waals surface area (Å²) < 4.78 is 0. The average Bonchev–Trinajstić information content (AvgIpc) is 2.30. The highest BCUT2D eigenvalue weighted by molar-refractivity contribution is 8.13. The van der Waals surface area contributed by atoms with Gasteiger partial charge in [-0.3, -0.25) is 4.79 Å².